The minimum absolute atomic E-state index is 0.0601. The predicted molar refractivity (Wildman–Crippen MR) is 76.5 cm³/mol. The van der Waals surface area contributed by atoms with Crippen molar-refractivity contribution in [3.8, 4) is 5.75 Å². The second kappa shape index (κ2) is 5.36. The molecule has 1 heterocycles. The van der Waals surface area contributed by atoms with E-state index in [2.05, 4.69) is 10.3 Å². The highest BCUT2D eigenvalue weighted by molar-refractivity contribution is 6.07. The van der Waals surface area contributed by atoms with E-state index in [0.717, 1.165) is 5.56 Å². The fraction of sp³-hybridized carbons (Fsp3) is 0.188. The summed E-state index contributed by atoms with van der Waals surface area (Å²) in [6.07, 6.45) is 3.58. The molecule has 0 bridgehead atoms. The van der Waals surface area contributed by atoms with E-state index < -0.39 is 6.04 Å². The molecule has 1 aliphatic carbocycles. The molecule has 1 N–H and O–H groups in total. The standard InChI is InChI=1S/C16H14N2O3/c1-21-12-2-3-13-11(8-12)9-14(15(13)19)18-16(20)10-4-6-17-7-5-10/h2-8,14H,9H2,1H3,(H,18,20). The Labute approximate surface area is 122 Å². The first-order valence-electron chi connectivity index (χ1n) is 6.61. The first-order chi connectivity index (χ1) is 10.2. The first kappa shape index (κ1) is 13.3. The lowest BCUT2D eigenvalue weighted by Gasteiger charge is -2.10. The number of pyridine rings is 1. The molecule has 1 aliphatic rings. The molecule has 5 nitrogen and oxygen atoms in total. The number of benzene rings is 1. The lowest BCUT2D eigenvalue weighted by molar-refractivity contribution is 0.0868. The summed E-state index contributed by atoms with van der Waals surface area (Å²) in [5, 5.41) is 2.77. The topological polar surface area (TPSA) is 68.3 Å². The van der Waals surface area contributed by atoms with Crippen molar-refractivity contribution in [3.63, 3.8) is 0 Å². The molecule has 106 valence electrons. The van der Waals surface area contributed by atoms with Crippen LogP contribution in [0.4, 0.5) is 0 Å². The number of nitrogens with zero attached hydrogens (tertiary/aromatic N) is 1. The molecule has 0 saturated carbocycles. The minimum atomic E-state index is -0.521. The van der Waals surface area contributed by atoms with Gasteiger partial charge in [0, 0.05) is 29.9 Å². The van der Waals surface area contributed by atoms with Crippen LogP contribution in [0.2, 0.25) is 0 Å². The zero-order chi connectivity index (χ0) is 14.8. The average Bonchev–Trinajstić information content (AvgIpc) is 2.83. The number of carbonyl (C=O) groups excluding carboxylic acids is 2. The third kappa shape index (κ3) is 2.50. The maximum absolute atomic E-state index is 12.3. The number of amides is 1. The molecule has 0 radical (unpaired) electrons. The molecule has 1 amide bonds. The highest BCUT2D eigenvalue weighted by Crippen LogP contribution is 2.26. The average molecular weight is 282 g/mol. The van der Waals surface area contributed by atoms with Gasteiger partial charge in [0.15, 0.2) is 5.78 Å². The van der Waals surface area contributed by atoms with E-state index >= 15 is 0 Å². The minimum Gasteiger partial charge on any atom is -0.497 e. The number of hydrogen-bond acceptors (Lipinski definition) is 4. The highest BCUT2D eigenvalue weighted by Gasteiger charge is 2.32. The summed E-state index contributed by atoms with van der Waals surface area (Å²) < 4.78 is 5.15. The van der Waals surface area contributed by atoms with Crippen LogP contribution in [0, 0.1) is 0 Å². The molecule has 5 heteroatoms. The van der Waals surface area contributed by atoms with E-state index in [0.29, 0.717) is 23.3 Å². The fourth-order valence-corrected chi connectivity index (χ4v) is 2.47. The van der Waals surface area contributed by atoms with Crippen LogP contribution in [0.3, 0.4) is 0 Å². The maximum Gasteiger partial charge on any atom is 0.251 e. The van der Waals surface area contributed by atoms with Crippen molar-refractivity contribution >= 4 is 11.7 Å². The molecular formula is C16H14N2O3. The molecule has 1 aromatic carbocycles. The smallest absolute Gasteiger partial charge is 0.251 e. The molecule has 0 spiro atoms. The van der Waals surface area contributed by atoms with E-state index in [9.17, 15) is 9.59 Å². The van der Waals surface area contributed by atoms with Crippen LogP contribution in [-0.4, -0.2) is 29.8 Å². The second-order valence-electron chi connectivity index (χ2n) is 4.85. The number of methoxy groups -OCH3 is 1. The number of fused-ring (bicyclic) bond motifs is 1. The van der Waals surface area contributed by atoms with Gasteiger partial charge in [-0.25, -0.2) is 0 Å². The van der Waals surface area contributed by atoms with Gasteiger partial charge in [0.05, 0.1) is 13.2 Å². The van der Waals surface area contributed by atoms with Crippen LogP contribution in [-0.2, 0) is 6.42 Å². The van der Waals surface area contributed by atoms with Crippen molar-refractivity contribution in [2.75, 3.05) is 7.11 Å². The van der Waals surface area contributed by atoms with Gasteiger partial charge in [-0.15, -0.1) is 0 Å². The summed E-state index contributed by atoms with van der Waals surface area (Å²) in [6, 6.07) is 8.05. The van der Waals surface area contributed by atoms with Crippen LogP contribution < -0.4 is 10.1 Å². The maximum atomic E-state index is 12.3. The monoisotopic (exact) mass is 282 g/mol. The van der Waals surface area contributed by atoms with Crippen molar-refractivity contribution in [1.82, 2.24) is 10.3 Å². The number of nitrogens with one attached hydrogen (secondary N) is 1. The number of aromatic nitrogens is 1. The largest absolute Gasteiger partial charge is 0.497 e. The third-order valence-electron chi connectivity index (χ3n) is 3.57. The fourth-order valence-electron chi connectivity index (χ4n) is 2.47. The van der Waals surface area contributed by atoms with E-state index in [1.807, 2.05) is 6.07 Å². The Morgan fingerprint density at radius 3 is 2.76 bits per heavy atom. The first-order valence-corrected chi connectivity index (χ1v) is 6.61. The Morgan fingerprint density at radius 1 is 1.29 bits per heavy atom. The Bertz CT molecular complexity index is 698. The molecule has 21 heavy (non-hydrogen) atoms. The third-order valence-corrected chi connectivity index (χ3v) is 3.57. The van der Waals surface area contributed by atoms with E-state index in [1.165, 1.54) is 0 Å². The van der Waals surface area contributed by atoms with Gasteiger partial charge in [-0.3, -0.25) is 14.6 Å². The van der Waals surface area contributed by atoms with E-state index in [1.54, 1.807) is 43.8 Å². The Kier molecular flexibility index (Phi) is 3.39. The number of ketones is 1. The molecule has 1 unspecified atom stereocenters. The van der Waals surface area contributed by atoms with Gasteiger partial charge in [-0.1, -0.05) is 0 Å². The zero-order valence-corrected chi connectivity index (χ0v) is 11.5. The summed E-state index contributed by atoms with van der Waals surface area (Å²) in [7, 11) is 1.58. The quantitative estimate of drug-likeness (QED) is 0.929. The molecule has 2 aromatic rings. The van der Waals surface area contributed by atoms with Gasteiger partial charge < -0.3 is 10.1 Å². The van der Waals surface area contributed by atoms with Crippen LogP contribution in [0.1, 0.15) is 26.3 Å². The molecule has 3 rings (SSSR count). The Hall–Kier alpha value is -2.69. The normalized spacial score (nSPS) is 16.4. The Balaban J connectivity index is 1.77. The van der Waals surface area contributed by atoms with Gasteiger partial charge in [0.25, 0.3) is 5.91 Å². The number of hydrogen-bond donors (Lipinski definition) is 1. The number of carbonyl (C=O) groups is 2. The molecule has 1 aromatic heterocycles. The van der Waals surface area contributed by atoms with Gasteiger partial charge >= 0.3 is 0 Å². The highest BCUT2D eigenvalue weighted by atomic mass is 16.5. The summed E-state index contributed by atoms with van der Waals surface area (Å²) in [6.45, 7) is 0. The van der Waals surface area contributed by atoms with Crippen molar-refractivity contribution in [2.45, 2.75) is 12.5 Å². The number of ether oxygens (including phenoxy) is 1. The predicted octanol–water partition coefficient (Wildman–Crippen LogP) is 1.63. The SMILES string of the molecule is COc1ccc2c(c1)CC(NC(=O)c1ccncc1)C2=O. The molecule has 0 saturated heterocycles. The second-order valence-corrected chi connectivity index (χ2v) is 4.85. The van der Waals surface area contributed by atoms with Crippen LogP contribution in [0.5, 0.6) is 5.75 Å². The van der Waals surface area contributed by atoms with Gasteiger partial charge in [-0.05, 0) is 35.9 Å². The van der Waals surface area contributed by atoms with E-state index in [-0.39, 0.29) is 11.7 Å². The summed E-state index contributed by atoms with van der Waals surface area (Å²) in [5.41, 5.74) is 2.04. The van der Waals surface area contributed by atoms with Gasteiger partial charge in [-0.2, -0.15) is 0 Å². The lowest BCUT2D eigenvalue weighted by atomic mass is 10.1. The van der Waals surface area contributed by atoms with Crippen molar-refractivity contribution in [3.05, 3.63) is 59.4 Å². The molecule has 0 fully saturated rings. The van der Waals surface area contributed by atoms with Crippen molar-refractivity contribution in [1.29, 1.82) is 0 Å². The number of rotatable bonds is 3. The van der Waals surface area contributed by atoms with Crippen LogP contribution >= 0.6 is 0 Å². The summed E-state index contributed by atoms with van der Waals surface area (Å²) in [5.74, 6) is 0.383. The molecule has 0 aliphatic heterocycles. The molecule has 1 atom stereocenters. The van der Waals surface area contributed by atoms with Crippen LogP contribution in [0.15, 0.2) is 42.7 Å². The van der Waals surface area contributed by atoms with Crippen molar-refractivity contribution in [2.24, 2.45) is 0 Å². The van der Waals surface area contributed by atoms with Gasteiger partial charge in [0.2, 0.25) is 0 Å². The van der Waals surface area contributed by atoms with Gasteiger partial charge in [0.1, 0.15) is 5.75 Å². The lowest BCUT2D eigenvalue weighted by Crippen LogP contribution is -2.39. The van der Waals surface area contributed by atoms with E-state index in [4.69, 9.17) is 4.74 Å². The Morgan fingerprint density at radius 2 is 2.05 bits per heavy atom. The van der Waals surface area contributed by atoms with Crippen molar-refractivity contribution < 1.29 is 14.3 Å². The number of Topliss-reactive ketones (excluding diaryl/α,β-unsaturated/α-hetero) is 1. The molecular weight excluding hydrogens is 268 g/mol. The van der Waals surface area contributed by atoms with Crippen LogP contribution in [0.25, 0.3) is 0 Å². The summed E-state index contributed by atoms with van der Waals surface area (Å²) >= 11 is 0. The zero-order valence-electron chi connectivity index (χ0n) is 11.5. The summed E-state index contributed by atoms with van der Waals surface area (Å²) in [4.78, 5) is 28.3.